The third kappa shape index (κ3) is 4.27. The molecular formula is C22H25N7OS. The first kappa shape index (κ1) is 20.0. The Balaban J connectivity index is 1.49. The number of nitriles is 1. The summed E-state index contributed by atoms with van der Waals surface area (Å²) in [5.74, 6) is 1.96. The maximum atomic E-state index is 12.0. The molecule has 2 fully saturated rings. The molecule has 2 aliphatic carbocycles. The molecule has 9 heteroatoms. The van der Waals surface area contributed by atoms with E-state index in [2.05, 4.69) is 50.9 Å². The topological polar surface area (TPSA) is 104 Å². The average molecular weight is 436 g/mol. The maximum Gasteiger partial charge on any atom is 0.177 e. The number of anilines is 4. The number of nitrogens with one attached hydrogen (secondary N) is 2. The minimum Gasteiger partial charge on any atom is -0.616 e. The van der Waals surface area contributed by atoms with Crippen LogP contribution in [-0.4, -0.2) is 44.5 Å². The predicted molar refractivity (Wildman–Crippen MR) is 123 cm³/mol. The first-order chi connectivity index (χ1) is 15.0. The van der Waals surface area contributed by atoms with Gasteiger partial charge in [-0.3, -0.25) is 0 Å². The Labute approximate surface area is 184 Å². The van der Waals surface area contributed by atoms with E-state index in [0.717, 1.165) is 35.6 Å². The lowest BCUT2D eigenvalue weighted by molar-refractivity contribution is 0.600. The van der Waals surface area contributed by atoms with Crippen LogP contribution in [0, 0.1) is 11.3 Å². The molecule has 2 N–H and O–H groups in total. The molecule has 1 aromatic carbocycles. The lowest BCUT2D eigenvalue weighted by Crippen LogP contribution is -2.21. The van der Waals surface area contributed by atoms with Crippen molar-refractivity contribution in [3.63, 3.8) is 0 Å². The quantitative estimate of drug-likeness (QED) is 0.523. The molecule has 3 aromatic rings. The van der Waals surface area contributed by atoms with Crippen molar-refractivity contribution in [3.05, 3.63) is 41.6 Å². The zero-order chi connectivity index (χ0) is 21.5. The largest absolute Gasteiger partial charge is 0.616 e. The Morgan fingerprint density at radius 1 is 1.29 bits per heavy atom. The molecule has 2 aromatic heterocycles. The average Bonchev–Trinajstić information content (AvgIpc) is 3.66. The van der Waals surface area contributed by atoms with Crippen LogP contribution in [-0.2, 0) is 16.9 Å². The summed E-state index contributed by atoms with van der Waals surface area (Å²) in [5, 5.41) is 20.6. The number of nitrogens with zero attached hydrogens (tertiary/aromatic N) is 5. The Hall–Kier alpha value is -2.96. The Morgan fingerprint density at radius 2 is 2.10 bits per heavy atom. The lowest BCUT2D eigenvalue weighted by Gasteiger charge is -2.23. The van der Waals surface area contributed by atoms with E-state index in [0.29, 0.717) is 34.9 Å². The molecule has 2 saturated carbocycles. The molecule has 31 heavy (non-hydrogen) atoms. The van der Waals surface area contributed by atoms with Crippen molar-refractivity contribution in [1.29, 1.82) is 5.26 Å². The fraction of sp³-hybridized carbons (Fsp3) is 0.409. The van der Waals surface area contributed by atoms with Crippen LogP contribution in [0.2, 0.25) is 0 Å². The molecule has 160 valence electrons. The predicted octanol–water partition coefficient (Wildman–Crippen LogP) is 3.40. The number of fused-ring (bicyclic) bond motifs is 1. The zero-order valence-corrected chi connectivity index (χ0v) is 18.4. The third-order valence-electron chi connectivity index (χ3n) is 5.71. The number of rotatable bonds is 8. The molecule has 1 unspecified atom stereocenters. The van der Waals surface area contributed by atoms with Gasteiger partial charge in [-0.15, -0.1) is 0 Å². The highest BCUT2D eigenvalue weighted by Crippen LogP contribution is 2.35. The second-order valence-electron chi connectivity index (χ2n) is 8.38. The highest BCUT2D eigenvalue weighted by molar-refractivity contribution is 7.89. The molecule has 8 nitrogen and oxygen atoms in total. The summed E-state index contributed by atoms with van der Waals surface area (Å²) in [6.07, 6.45) is 7.95. The molecule has 0 spiro atoms. The zero-order valence-electron chi connectivity index (χ0n) is 17.6. The van der Waals surface area contributed by atoms with E-state index in [4.69, 9.17) is 0 Å². The molecule has 0 amide bonds. The van der Waals surface area contributed by atoms with Crippen LogP contribution in [0.5, 0.6) is 0 Å². The van der Waals surface area contributed by atoms with Crippen molar-refractivity contribution in [3.8, 4) is 6.07 Å². The minimum atomic E-state index is -0.940. The Morgan fingerprint density at radius 3 is 2.77 bits per heavy atom. The van der Waals surface area contributed by atoms with Crippen LogP contribution in [0.4, 0.5) is 23.0 Å². The van der Waals surface area contributed by atoms with Crippen LogP contribution in [0.1, 0.15) is 36.8 Å². The summed E-state index contributed by atoms with van der Waals surface area (Å²) in [6.45, 7) is 0. The maximum absolute atomic E-state index is 12.0. The third-order valence-corrected chi connectivity index (χ3v) is 6.42. The van der Waals surface area contributed by atoms with E-state index < -0.39 is 11.2 Å². The van der Waals surface area contributed by atoms with Gasteiger partial charge in [0, 0.05) is 42.1 Å². The summed E-state index contributed by atoms with van der Waals surface area (Å²) in [6, 6.07) is 11.3. The lowest BCUT2D eigenvalue weighted by atomic mass is 10.1. The Kier molecular flexibility index (Phi) is 5.12. The number of benzene rings is 1. The van der Waals surface area contributed by atoms with Crippen LogP contribution in [0.25, 0.3) is 5.65 Å². The van der Waals surface area contributed by atoms with E-state index in [1.54, 1.807) is 17.0 Å². The van der Waals surface area contributed by atoms with Gasteiger partial charge in [-0.05, 0) is 43.9 Å². The summed E-state index contributed by atoms with van der Waals surface area (Å²) >= 11 is -0.940. The summed E-state index contributed by atoms with van der Waals surface area (Å²) in [4.78, 5) is 6.92. The first-order valence-corrected chi connectivity index (χ1v) is 12.2. The van der Waals surface area contributed by atoms with Crippen molar-refractivity contribution in [1.82, 2.24) is 14.6 Å². The van der Waals surface area contributed by atoms with Gasteiger partial charge in [0.15, 0.2) is 5.65 Å². The van der Waals surface area contributed by atoms with Gasteiger partial charge in [0.1, 0.15) is 29.0 Å². The second kappa shape index (κ2) is 7.94. The van der Waals surface area contributed by atoms with Gasteiger partial charge in [0.05, 0.1) is 12.5 Å². The van der Waals surface area contributed by atoms with E-state index >= 15 is 0 Å². The number of hydrogen-bond acceptors (Lipinski definition) is 7. The van der Waals surface area contributed by atoms with Crippen molar-refractivity contribution in [2.45, 2.75) is 43.5 Å². The van der Waals surface area contributed by atoms with Crippen molar-refractivity contribution >= 4 is 39.8 Å². The molecular weight excluding hydrogens is 410 g/mol. The molecule has 2 aliphatic rings. The van der Waals surface area contributed by atoms with Crippen molar-refractivity contribution < 1.29 is 4.55 Å². The molecule has 0 saturated heterocycles. The van der Waals surface area contributed by atoms with Crippen molar-refractivity contribution in [2.75, 3.05) is 28.8 Å². The highest BCUT2D eigenvalue weighted by atomic mass is 32.2. The van der Waals surface area contributed by atoms with Crippen LogP contribution in [0.3, 0.4) is 0 Å². The smallest absolute Gasteiger partial charge is 0.177 e. The normalized spacial score (nSPS) is 16.7. The van der Waals surface area contributed by atoms with Gasteiger partial charge in [-0.25, -0.2) is 4.98 Å². The molecule has 0 aliphatic heterocycles. The SMILES string of the molecule is CN(c1ccc(Nc2cc(NC3CC3)n3ncc(C#N)c3n2)cc1C[S+](C)[O-])C1CC1. The van der Waals surface area contributed by atoms with Gasteiger partial charge in [-0.1, -0.05) is 11.2 Å². The van der Waals surface area contributed by atoms with E-state index in [1.807, 2.05) is 12.1 Å². The first-order valence-electron chi connectivity index (χ1n) is 10.5. The summed E-state index contributed by atoms with van der Waals surface area (Å²) in [7, 11) is 2.11. The van der Waals surface area contributed by atoms with Gasteiger partial charge >= 0.3 is 0 Å². The molecule has 0 radical (unpaired) electrons. The second-order valence-corrected chi connectivity index (χ2v) is 9.81. The van der Waals surface area contributed by atoms with E-state index in [9.17, 15) is 9.81 Å². The number of hydrogen-bond donors (Lipinski definition) is 2. The van der Waals surface area contributed by atoms with E-state index in [-0.39, 0.29) is 0 Å². The van der Waals surface area contributed by atoms with Gasteiger partial charge < -0.3 is 20.1 Å². The van der Waals surface area contributed by atoms with Gasteiger partial charge in [0.25, 0.3) is 0 Å². The highest BCUT2D eigenvalue weighted by Gasteiger charge is 2.28. The standard InChI is InChI=1S/C22H25N7OS/c1-28(18-6-7-18)19-8-5-17(9-14(19)13-31(2)30)25-20-10-21(26-16-3-4-16)29-22(27-20)15(11-23)12-24-29/h5,8-10,12,16,18,26H,3-4,6-7,13H2,1-2H3,(H,25,27). The van der Waals surface area contributed by atoms with Crippen molar-refractivity contribution in [2.24, 2.45) is 0 Å². The van der Waals surface area contributed by atoms with Gasteiger partial charge in [0.2, 0.25) is 0 Å². The van der Waals surface area contributed by atoms with Crippen LogP contribution < -0.4 is 15.5 Å². The molecule has 2 heterocycles. The molecule has 5 rings (SSSR count). The van der Waals surface area contributed by atoms with E-state index in [1.165, 1.54) is 12.8 Å². The monoisotopic (exact) mass is 435 g/mol. The minimum absolute atomic E-state index is 0.436. The number of aromatic nitrogens is 3. The van der Waals surface area contributed by atoms with Crippen LogP contribution in [0.15, 0.2) is 30.5 Å². The Bertz CT molecular complexity index is 1160. The fourth-order valence-electron chi connectivity index (χ4n) is 3.79. The van der Waals surface area contributed by atoms with Gasteiger partial charge in [-0.2, -0.15) is 14.9 Å². The molecule has 1 atom stereocenters. The summed E-state index contributed by atoms with van der Waals surface area (Å²) in [5.41, 5.74) is 4.02. The fourth-order valence-corrected chi connectivity index (χ4v) is 4.46. The van der Waals surface area contributed by atoms with Crippen LogP contribution >= 0.6 is 0 Å². The summed E-state index contributed by atoms with van der Waals surface area (Å²) < 4.78 is 13.7. The molecule has 0 bridgehead atoms.